The molecule has 1 aliphatic heterocycles. The van der Waals surface area contributed by atoms with Crippen LogP contribution in [0.5, 0.6) is 0 Å². The Morgan fingerprint density at radius 2 is 1.86 bits per heavy atom. The van der Waals surface area contributed by atoms with Gasteiger partial charge in [-0.15, -0.1) is 0 Å². The maximum atomic E-state index is 11.8. The van der Waals surface area contributed by atoms with E-state index in [1.807, 2.05) is 4.90 Å². The molecule has 0 saturated carbocycles. The van der Waals surface area contributed by atoms with Crippen LogP contribution in [0.25, 0.3) is 0 Å². The molecule has 0 aromatic carbocycles. The molecule has 0 radical (unpaired) electrons. The van der Waals surface area contributed by atoms with Crippen molar-refractivity contribution >= 4 is 17.9 Å². The average molecular weight is 313 g/mol. The molecule has 126 valence electrons. The lowest BCUT2D eigenvalue weighted by Crippen LogP contribution is -2.38. The fourth-order valence-electron chi connectivity index (χ4n) is 2.41. The predicted molar refractivity (Wildman–Crippen MR) is 82.5 cm³/mol. The first-order valence-corrected chi connectivity index (χ1v) is 8.00. The summed E-state index contributed by atoms with van der Waals surface area (Å²) in [5, 5.41) is 13.9. The van der Waals surface area contributed by atoms with Crippen molar-refractivity contribution in [2.24, 2.45) is 5.92 Å². The van der Waals surface area contributed by atoms with Crippen LogP contribution in [0.3, 0.4) is 0 Å². The summed E-state index contributed by atoms with van der Waals surface area (Å²) in [5.74, 6) is -0.440. The van der Waals surface area contributed by atoms with Crippen LogP contribution in [-0.4, -0.2) is 54.1 Å². The Morgan fingerprint density at radius 1 is 1.09 bits per heavy atom. The van der Waals surface area contributed by atoms with Crippen LogP contribution in [0.1, 0.15) is 45.4 Å². The highest BCUT2D eigenvalue weighted by molar-refractivity contribution is 5.76. The number of unbranched alkanes of at least 4 members (excludes halogenated alkanes) is 2. The van der Waals surface area contributed by atoms with E-state index in [1.165, 1.54) is 0 Å². The largest absolute Gasteiger partial charge is 0.481 e. The number of urea groups is 1. The first-order valence-electron chi connectivity index (χ1n) is 8.00. The van der Waals surface area contributed by atoms with E-state index in [1.54, 1.807) is 0 Å². The molecule has 7 heteroatoms. The standard InChI is InChI=1S/C15H27N3O4/c1-12-7-10-18(11-12)15(22)17-8-4-2-3-5-13(19)16-9-6-14(20)21/h12H,2-11H2,1H3,(H,16,19)(H,17,22)(H,20,21). The van der Waals surface area contributed by atoms with Crippen molar-refractivity contribution in [1.29, 1.82) is 0 Å². The Kier molecular flexibility index (Phi) is 8.32. The summed E-state index contributed by atoms with van der Waals surface area (Å²) in [5.41, 5.74) is 0. The van der Waals surface area contributed by atoms with Gasteiger partial charge in [0.25, 0.3) is 0 Å². The van der Waals surface area contributed by atoms with Crippen molar-refractivity contribution in [2.75, 3.05) is 26.2 Å². The summed E-state index contributed by atoms with van der Waals surface area (Å²) >= 11 is 0. The maximum absolute atomic E-state index is 11.8. The molecule has 0 aliphatic carbocycles. The van der Waals surface area contributed by atoms with Gasteiger partial charge in [-0.1, -0.05) is 13.3 Å². The van der Waals surface area contributed by atoms with Crippen LogP contribution >= 0.6 is 0 Å². The van der Waals surface area contributed by atoms with Gasteiger partial charge in [0, 0.05) is 32.6 Å². The molecule has 1 rings (SSSR count). The van der Waals surface area contributed by atoms with Crippen molar-refractivity contribution < 1.29 is 19.5 Å². The van der Waals surface area contributed by atoms with Gasteiger partial charge >= 0.3 is 12.0 Å². The summed E-state index contributed by atoms with van der Waals surface area (Å²) < 4.78 is 0. The first kappa shape index (κ1) is 18.3. The minimum absolute atomic E-state index is 0.00997. The Balaban J connectivity index is 1.93. The third kappa shape index (κ3) is 7.85. The number of likely N-dealkylation sites (tertiary alicyclic amines) is 1. The summed E-state index contributed by atoms with van der Waals surface area (Å²) in [6, 6.07) is 0.00997. The number of amides is 3. The van der Waals surface area contributed by atoms with Crippen molar-refractivity contribution in [3.8, 4) is 0 Å². The van der Waals surface area contributed by atoms with Crippen LogP contribution in [0.2, 0.25) is 0 Å². The predicted octanol–water partition coefficient (Wildman–Crippen LogP) is 1.19. The number of aliphatic carboxylic acids is 1. The number of nitrogens with one attached hydrogen (secondary N) is 2. The third-order valence-corrected chi connectivity index (χ3v) is 3.73. The molecule has 1 aliphatic rings. The Labute approximate surface area is 131 Å². The number of hydrogen-bond donors (Lipinski definition) is 3. The normalized spacial score (nSPS) is 17.3. The highest BCUT2D eigenvalue weighted by atomic mass is 16.4. The minimum atomic E-state index is -0.913. The smallest absolute Gasteiger partial charge is 0.317 e. The van der Waals surface area contributed by atoms with Gasteiger partial charge in [0.05, 0.1) is 6.42 Å². The number of carboxylic acid groups (broad SMARTS) is 1. The van der Waals surface area contributed by atoms with Gasteiger partial charge in [-0.25, -0.2) is 4.79 Å². The summed E-state index contributed by atoms with van der Waals surface area (Å²) in [4.78, 5) is 35.3. The molecule has 3 amide bonds. The van der Waals surface area contributed by atoms with Crippen molar-refractivity contribution in [1.82, 2.24) is 15.5 Å². The number of nitrogens with zero attached hydrogens (tertiary/aromatic N) is 1. The van der Waals surface area contributed by atoms with Gasteiger partial charge in [0.1, 0.15) is 0 Å². The lowest BCUT2D eigenvalue weighted by molar-refractivity contribution is -0.136. The van der Waals surface area contributed by atoms with E-state index in [-0.39, 0.29) is 24.9 Å². The molecule has 0 aromatic rings. The van der Waals surface area contributed by atoms with Gasteiger partial charge in [-0.2, -0.15) is 0 Å². The van der Waals surface area contributed by atoms with Gasteiger partial charge in [-0.05, 0) is 25.2 Å². The average Bonchev–Trinajstić information content (AvgIpc) is 2.88. The monoisotopic (exact) mass is 313 g/mol. The number of rotatable bonds is 9. The fraction of sp³-hybridized carbons (Fsp3) is 0.800. The van der Waals surface area contributed by atoms with Crippen LogP contribution < -0.4 is 10.6 Å². The molecular weight excluding hydrogens is 286 g/mol. The van der Waals surface area contributed by atoms with E-state index in [0.29, 0.717) is 18.9 Å². The zero-order chi connectivity index (χ0) is 16.4. The number of carbonyl (C=O) groups excluding carboxylic acids is 2. The molecule has 22 heavy (non-hydrogen) atoms. The minimum Gasteiger partial charge on any atom is -0.481 e. The number of hydrogen-bond acceptors (Lipinski definition) is 3. The molecule has 1 heterocycles. The Hall–Kier alpha value is -1.79. The van der Waals surface area contributed by atoms with E-state index in [0.717, 1.165) is 38.8 Å². The summed E-state index contributed by atoms with van der Waals surface area (Å²) in [6.07, 6.45) is 3.88. The van der Waals surface area contributed by atoms with Gasteiger partial charge in [0.15, 0.2) is 0 Å². The third-order valence-electron chi connectivity index (χ3n) is 3.73. The second kappa shape index (κ2) is 10.0. The summed E-state index contributed by atoms with van der Waals surface area (Å²) in [6.45, 7) is 4.63. The molecule has 0 bridgehead atoms. The topological polar surface area (TPSA) is 98.7 Å². The summed E-state index contributed by atoms with van der Waals surface area (Å²) in [7, 11) is 0. The van der Waals surface area contributed by atoms with Crippen LogP contribution in [-0.2, 0) is 9.59 Å². The quantitative estimate of drug-likeness (QED) is 0.557. The lowest BCUT2D eigenvalue weighted by Gasteiger charge is -2.16. The zero-order valence-corrected chi connectivity index (χ0v) is 13.3. The molecule has 0 aromatic heterocycles. The Morgan fingerprint density at radius 3 is 2.50 bits per heavy atom. The van der Waals surface area contributed by atoms with Crippen LogP contribution in [0.4, 0.5) is 4.79 Å². The zero-order valence-electron chi connectivity index (χ0n) is 13.3. The van der Waals surface area contributed by atoms with Crippen molar-refractivity contribution in [3.05, 3.63) is 0 Å². The molecule has 7 nitrogen and oxygen atoms in total. The molecular formula is C15H27N3O4. The van der Waals surface area contributed by atoms with Crippen molar-refractivity contribution in [2.45, 2.75) is 45.4 Å². The second-order valence-corrected chi connectivity index (χ2v) is 5.88. The van der Waals surface area contributed by atoms with Crippen LogP contribution in [0, 0.1) is 5.92 Å². The van der Waals surface area contributed by atoms with Gasteiger partial charge in [-0.3, -0.25) is 9.59 Å². The molecule has 1 atom stereocenters. The van der Waals surface area contributed by atoms with Gasteiger partial charge in [0.2, 0.25) is 5.91 Å². The number of carbonyl (C=O) groups is 3. The van der Waals surface area contributed by atoms with Crippen LogP contribution in [0.15, 0.2) is 0 Å². The highest BCUT2D eigenvalue weighted by Gasteiger charge is 2.22. The van der Waals surface area contributed by atoms with E-state index < -0.39 is 5.97 Å². The van der Waals surface area contributed by atoms with Crippen molar-refractivity contribution in [3.63, 3.8) is 0 Å². The Bertz CT molecular complexity index is 387. The fourth-order valence-corrected chi connectivity index (χ4v) is 2.41. The molecule has 1 unspecified atom stereocenters. The second-order valence-electron chi connectivity index (χ2n) is 5.88. The number of carboxylic acids is 1. The van der Waals surface area contributed by atoms with Gasteiger partial charge < -0.3 is 20.6 Å². The van der Waals surface area contributed by atoms with E-state index in [4.69, 9.17) is 5.11 Å². The van der Waals surface area contributed by atoms with E-state index in [2.05, 4.69) is 17.6 Å². The maximum Gasteiger partial charge on any atom is 0.317 e. The molecule has 3 N–H and O–H groups in total. The molecule has 0 spiro atoms. The lowest BCUT2D eigenvalue weighted by atomic mass is 10.2. The first-order chi connectivity index (χ1) is 10.5. The highest BCUT2D eigenvalue weighted by Crippen LogP contribution is 2.14. The molecule has 1 saturated heterocycles. The van der Waals surface area contributed by atoms with E-state index >= 15 is 0 Å². The SMILES string of the molecule is CC1CCN(C(=O)NCCCCCC(=O)NCCC(=O)O)C1. The van der Waals surface area contributed by atoms with E-state index in [9.17, 15) is 14.4 Å². The molecule has 1 fully saturated rings.